The summed E-state index contributed by atoms with van der Waals surface area (Å²) in [5, 5.41) is 3.30. The molecule has 1 amide bonds. The molecule has 18 heavy (non-hydrogen) atoms. The van der Waals surface area contributed by atoms with Crippen LogP contribution in [0.5, 0.6) is 0 Å². The minimum Gasteiger partial charge on any atom is -0.441 e. The summed E-state index contributed by atoms with van der Waals surface area (Å²) in [5.41, 5.74) is 0.619. The van der Waals surface area contributed by atoms with Crippen LogP contribution in [-0.4, -0.2) is 31.3 Å². The van der Waals surface area contributed by atoms with Gasteiger partial charge in [-0.25, -0.2) is 4.79 Å². The van der Waals surface area contributed by atoms with Crippen molar-refractivity contribution in [1.82, 2.24) is 5.32 Å². The summed E-state index contributed by atoms with van der Waals surface area (Å²) in [6.07, 6.45) is 1.57. The monoisotopic (exact) mass is 310 g/mol. The number of anilines is 1. The number of hydrogen-bond acceptors (Lipinski definition) is 3. The Morgan fingerprint density at radius 1 is 1.22 bits per heavy atom. The molecule has 2 aliphatic heterocycles. The van der Waals surface area contributed by atoms with Crippen molar-refractivity contribution < 1.29 is 9.53 Å². The van der Waals surface area contributed by atoms with Crippen molar-refractivity contribution in [1.29, 1.82) is 0 Å². The molecule has 2 heterocycles. The van der Waals surface area contributed by atoms with Gasteiger partial charge in [0, 0.05) is 23.0 Å². The van der Waals surface area contributed by atoms with Gasteiger partial charge in [-0.1, -0.05) is 15.9 Å². The first-order valence-corrected chi connectivity index (χ1v) is 6.95. The van der Waals surface area contributed by atoms with Crippen molar-refractivity contribution in [2.75, 3.05) is 24.5 Å². The third kappa shape index (κ3) is 2.12. The largest absolute Gasteiger partial charge is 0.441 e. The van der Waals surface area contributed by atoms with Crippen molar-refractivity contribution in [2.24, 2.45) is 0 Å². The van der Waals surface area contributed by atoms with E-state index in [0.717, 1.165) is 36.1 Å². The second-order valence-electron chi connectivity index (χ2n) is 4.86. The number of halogens is 1. The predicted octanol–water partition coefficient (Wildman–Crippen LogP) is 2.53. The normalized spacial score (nSPS) is 22.3. The van der Waals surface area contributed by atoms with Crippen molar-refractivity contribution in [2.45, 2.75) is 18.4 Å². The maximum Gasteiger partial charge on any atom is 0.415 e. The van der Waals surface area contributed by atoms with Gasteiger partial charge in [0.25, 0.3) is 0 Å². The molecule has 0 radical (unpaired) electrons. The van der Waals surface area contributed by atoms with Crippen LogP contribution in [0.2, 0.25) is 0 Å². The third-order valence-electron chi connectivity index (χ3n) is 3.62. The van der Waals surface area contributed by atoms with E-state index >= 15 is 0 Å². The van der Waals surface area contributed by atoms with Crippen molar-refractivity contribution >= 4 is 27.7 Å². The van der Waals surface area contributed by atoms with E-state index in [1.54, 1.807) is 4.90 Å². The van der Waals surface area contributed by atoms with E-state index in [1.807, 2.05) is 24.3 Å². The Bertz CT molecular complexity index is 455. The van der Waals surface area contributed by atoms with E-state index in [0.29, 0.717) is 6.54 Å². The van der Waals surface area contributed by atoms with E-state index in [2.05, 4.69) is 21.2 Å². The van der Waals surface area contributed by atoms with Gasteiger partial charge in [-0.2, -0.15) is 0 Å². The first-order chi connectivity index (χ1) is 8.69. The van der Waals surface area contributed by atoms with E-state index in [9.17, 15) is 4.79 Å². The molecular weight excluding hydrogens is 296 g/mol. The Labute approximate surface area is 114 Å². The Hall–Kier alpha value is -1.07. The number of nitrogens with zero attached hydrogens (tertiary/aromatic N) is 1. The maximum atomic E-state index is 12.0. The molecule has 0 unspecified atom stereocenters. The number of carbonyl (C=O) groups is 1. The lowest BCUT2D eigenvalue weighted by Crippen LogP contribution is -2.44. The van der Waals surface area contributed by atoms with Crippen LogP contribution >= 0.6 is 15.9 Å². The highest BCUT2D eigenvalue weighted by Gasteiger charge is 2.46. The number of ether oxygens (including phenoxy) is 1. The molecule has 2 saturated heterocycles. The molecule has 5 heteroatoms. The molecular formula is C13H15BrN2O2. The average molecular weight is 311 g/mol. The first kappa shape index (κ1) is 12.0. The minimum atomic E-state index is -0.282. The van der Waals surface area contributed by atoms with Gasteiger partial charge in [0.05, 0.1) is 6.54 Å². The van der Waals surface area contributed by atoms with Crippen LogP contribution in [0.1, 0.15) is 12.8 Å². The molecule has 96 valence electrons. The summed E-state index contributed by atoms with van der Waals surface area (Å²) >= 11 is 3.40. The van der Waals surface area contributed by atoms with E-state index in [-0.39, 0.29) is 11.7 Å². The lowest BCUT2D eigenvalue weighted by molar-refractivity contribution is 0.0316. The summed E-state index contributed by atoms with van der Waals surface area (Å²) in [4.78, 5) is 13.7. The Morgan fingerprint density at radius 3 is 2.56 bits per heavy atom. The van der Waals surface area contributed by atoms with Gasteiger partial charge in [-0.15, -0.1) is 0 Å². The molecule has 2 aliphatic rings. The number of amides is 1. The van der Waals surface area contributed by atoms with Crippen LogP contribution < -0.4 is 10.2 Å². The maximum absolute atomic E-state index is 12.0. The molecule has 0 aliphatic carbocycles. The number of nitrogens with one attached hydrogen (secondary N) is 1. The molecule has 0 atom stereocenters. The second kappa shape index (κ2) is 4.55. The van der Waals surface area contributed by atoms with E-state index in [4.69, 9.17) is 4.74 Å². The fraction of sp³-hybridized carbons (Fsp3) is 0.462. The van der Waals surface area contributed by atoms with Gasteiger partial charge in [0.15, 0.2) is 0 Å². The van der Waals surface area contributed by atoms with Gasteiger partial charge in [-0.3, -0.25) is 4.90 Å². The third-order valence-corrected chi connectivity index (χ3v) is 4.15. The Balaban J connectivity index is 1.82. The van der Waals surface area contributed by atoms with Crippen LogP contribution in [0.15, 0.2) is 28.7 Å². The predicted molar refractivity (Wildman–Crippen MR) is 72.8 cm³/mol. The summed E-state index contributed by atoms with van der Waals surface area (Å²) in [6, 6.07) is 7.75. The zero-order chi connectivity index (χ0) is 12.6. The standard InChI is InChI=1S/C13H15BrN2O2/c14-10-1-3-11(4-2-10)16-9-13(18-12(16)17)5-7-15-8-6-13/h1-4,15H,5-9H2. The Morgan fingerprint density at radius 2 is 1.89 bits per heavy atom. The number of piperidine rings is 1. The smallest absolute Gasteiger partial charge is 0.415 e. The molecule has 0 saturated carbocycles. The molecule has 1 aromatic carbocycles. The molecule has 1 spiro atoms. The van der Waals surface area contributed by atoms with Crippen LogP contribution in [0.4, 0.5) is 10.5 Å². The van der Waals surface area contributed by atoms with E-state index < -0.39 is 0 Å². The topological polar surface area (TPSA) is 41.6 Å². The highest BCUT2D eigenvalue weighted by Crippen LogP contribution is 2.34. The fourth-order valence-corrected chi connectivity index (χ4v) is 2.85. The molecule has 1 N–H and O–H groups in total. The van der Waals surface area contributed by atoms with Crippen LogP contribution in [0.3, 0.4) is 0 Å². The fourth-order valence-electron chi connectivity index (χ4n) is 2.59. The van der Waals surface area contributed by atoms with Crippen LogP contribution in [0.25, 0.3) is 0 Å². The molecule has 3 rings (SSSR count). The molecule has 0 aromatic heterocycles. The number of carbonyl (C=O) groups excluding carboxylic acids is 1. The van der Waals surface area contributed by atoms with Crippen LogP contribution in [-0.2, 0) is 4.74 Å². The number of hydrogen-bond donors (Lipinski definition) is 1. The Kier molecular flexibility index (Phi) is 3.03. The van der Waals surface area contributed by atoms with Crippen molar-refractivity contribution in [3.63, 3.8) is 0 Å². The SMILES string of the molecule is O=C1OC2(CCNCC2)CN1c1ccc(Br)cc1. The van der Waals surface area contributed by atoms with E-state index in [1.165, 1.54) is 0 Å². The zero-order valence-corrected chi connectivity index (χ0v) is 11.6. The van der Waals surface area contributed by atoms with Gasteiger partial charge in [-0.05, 0) is 37.4 Å². The van der Waals surface area contributed by atoms with Gasteiger partial charge in [0.2, 0.25) is 0 Å². The molecule has 0 bridgehead atoms. The van der Waals surface area contributed by atoms with Gasteiger partial charge in [0.1, 0.15) is 5.60 Å². The summed E-state index contributed by atoms with van der Waals surface area (Å²) in [7, 11) is 0. The lowest BCUT2D eigenvalue weighted by atomic mass is 9.92. The molecule has 1 aromatic rings. The zero-order valence-electron chi connectivity index (χ0n) is 9.99. The van der Waals surface area contributed by atoms with Crippen molar-refractivity contribution in [3.8, 4) is 0 Å². The molecule has 2 fully saturated rings. The first-order valence-electron chi connectivity index (χ1n) is 6.15. The summed E-state index contributed by atoms with van der Waals surface area (Å²) in [5.74, 6) is 0. The summed E-state index contributed by atoms with van der Waals surface area (Å²) in [6.45, 7) is 2.50. The highest BCUT2D eigenvalue weighted by molar-refractivity contribution is 9.10. The van der Waals surface area contributed by atoms with Gasteiger partial charge < -0.3 is 10.1 Å². The quantitative estimate of drug-likeness (QED) is 0.866. The van der Waals surface area contributed by atoms with Gasteiger partial charge >= 0.3 is 6.09 Å². The minimum absolute atomic E-state index is 0.223. The number of rotatable bonds is 1. The molecule has 4 nitrogen and oxygen atoms in total. The average Bonchev–Trinajstić information content (AvgIpc) is 2.68. The summed E-state index contributed by atoms with van der Waals surface area (Å²) < 4.78 is 6.63. The van der Waals surface area contributed by atoms with Crippen molar-refractivity contribution in [3.05, 3.63) is 28.7 Å². The highest BCUT2D eigenvalue weighted by atomic mass is 79.9. The van der Waals surface area contributed by atoms with Crippen LogP contribution in [0, 0.1) is 0 Å². The lowest BCUT2D eigenvalue weighted by Gasteiger charge is -2.31. The second-order valence-corrected chi connectivity index (χ2v) is 5.78. The number of benzene rings is 1.